The zero-order chi connectivity index (χ0) is 17.4. The third-order valence-electron chi connectivity index (χ3n) is 3.49. The van der Waals surface area contributed by atoms with Crippen LogP contribution in [0.5, 0.6) is 0 Å². The zero-order valence-electron chi connectivity index (χ0n) is 14.1. The third kappa shape index (κ3) is 5.52. The second-order valence-corrected chi connectivity index (χ2v) is 5.81. The van der Waals surface area contributed by atoms with E-state index in [4.69, 9.17) is 0 Å². The van der Waals surface area contributed by atoms with Crippen molar-refractivity contribution in [1.29, 1.82) is 0 Å². The largest absolute Gasteiger partial charge is 0.352 e. The van der Waals surface area contributed by atoms with Crippen LogP contribution in [0, 0.1) is 0 Å². The number of carbonyl (C=O) groups is 2. The Balaban J connectivity index is 1.95. The molecule has 0 spiro atoms. The maximum atomic E-state index is 12.3. The van der Waals surface area contributed by atoms with Crippen molar-refractivity contribution in [3.05, 3.63) is 65.7 Å². The van der Waals surface area contributed by atoms with Crippen molar-refractivity contribution in [3.8, 4) is 0 Å². The average molecular weight is 325 g/mol. The molecule has 0 aliphatic carbocycles. The van der Waals surface area contributed by atoms with Crippen LogP contribution in [0.3, 0.4) is 0 Å². The van der Waals surface area contributed by atoms with Crippen LogP contribution in [0.25, 0.3) is 0 Å². The second-order valence-electron chi connectivity index (χ2n) is 5.81. The van der Waals surface area contributed by atoms with E-state index in [1.54, 1.807) is 24.3 Å². The Kier molecular flexibility index (Phi) is 6.51. The summed E-state index contributed by atoms with van der Waals surface area (Å²) < 4.78 is 0. The van der Waals surface area contributed by atoms with Crippen LogP contribution in [0.15, 0.2) is 54.6 Å². The average Bonchev–Trinajstić information content (AvgIpc) is 2.59. The van der Waals surface area contributed by atoms with Crippen LogP contribution in [0.4, 0.5) is 5.69 Å². The fraction of sp³-hybridized carbons (Fsp3) is 0.263. The Morgan fingerprint density at radius 3 is 2.25 bits per heavy atom. The fourth-order valence-corrected chi connectivity index (χ4v) is 2.23. The molecule has 126 valence electrons. The molecule has 0 fully saturated rings. The van der Waals surface area contributed by atoms with Gasteiger partial charge < -0.3 is 15.5 Å². The number of para-hydroxylation sites is 1. The number of nitrogens with one attached hydrogen (secondary N) is 2. The number of benzene rings is 2. The minimum Gasteiger partial charge on any atom is -0.352 e. The quantitative estimate of drug-likeness (QED) is 0.769. The highest BCUT2D eigenvalue weighted by molar-refractivity contribution is 6.06. The minimum atomic E-state index is -0.233. The van der Waals surface area contributed by atoms with Crippen LogP contribution in [0.2, 0.25) is 0 Å². The molecule has 0 aliphatic heterocycles. The first-order chi connectivity index (χ1) is 11.6. The highest BCUT2D eigenvalue weighted by Crippen LogP contribution is 2.10. The van der Waals surface area contributed by atoms with Crippen molar-refractivity contribution in [2.75, 3.05) is 32.5 Å². The molecule has 0 heterocycles. The normalized spacial score (nSPS) is 10.5. The molecule has 2 rings (SSSR count). The maximum Gasteiger partial charge on any atom is 0.255 e. The predicted octanol–water partition coefficient (Wildman–Crippen LogP) is 2.62. The second kappa shape index (κ2) is 8.84. The van der Waals surface area contributed by atoms with E-state index in [1.165, 1.54) is 0 Å². The summed E-state index contributed by atoms with van der Waals surface area (Å²) in [6.45, 7) is 1.53. The lowest BCUT2D eigenvalue weighted by Crippen LogP contribution is -2.27. The van der Waals surface area contributed by atoms with Crippen LogP contribution in [-0.2, 0) is 0 Å². The molecule has 0 bridgehead atoms. The molecule has 2 N–H and O–H groups in total. The van der Waals surface area contributed by atoms with Crippen molar-refractivity contribution in [3.63, 3.8) is 0 Å². The van der Waals surface area contributed by atoms with Gasteiger partial charge in [0.05, 0.1) is 0 Å². The lowest BCUT2D eigenvalue weighted by Gasteiger charge is -2.10. The smallest absolute Gasteiger partial charge is 0.255 e. The number of hydrogen-bond donors (Lipinski definition) is 2. The summed E-state index contributed by atoms with van der Waals surface area (Å²) in [7, 11) is 3.99. The van der Waals surface area contributed by atoms with E-state index in [0.717, 1.165) is 18.7 Å². The van der Waals surface area contributed by atoms with E-state index < -0.39 is 0 Å². The minimum absolute atomic E-state index is 0.164. The number of amides is 2. The molecule has 5 nitrogen and oxygen atoms in total. The first-order valence-electron chi connectivity index (χ1n) is 7.95. The zero-order valence-corrected chi connectivity index (χ0v) is 14.1. The Hall–Kier alpha value is -2.66. The predicted molar refractivity (Wildman–Crippen MR) is 96.3 cm³/mol. The van der Waals surface area contributed by atoms with E-state index in [-0.39, 0.29) is 11.8 Å². The standard InChI is InChI=1S/C19H23N3O2/c1-22(2)13-7-12-20-18(23)15-8-6-9-16(14-15)19(24)21-17-10-4-3-5-11-17/h3-6,8-11,14H,7,12-13H2,1-2H3,(H,20,23)(H,21,24). The van der Waals surface area contributed by atoms with Gasteiger partial charge in [-0.3, -0.25) is 9.59 Å². The molecule has 0 saturated carbocycles. The van der Waals surface area contributed by atoms with E-state index >= 15 is 0 Å². The van der Waals surface area contributed by atoms with Crippen molar-refractivity contribution < 1.29 is 9.59 Å². The van der Waals surface area contributed by atoms with E-state index in [0.29, 0.717) is 17.7 Å². The Morgan fingerprint density at radius 1 is 0.917 bits per heavy atom. The maximum absolute atomic E-state index is 12.3. The van der Waals surface area contributed by atoms with Gasteiger partial charge in [0, 0.05) is 23.4 Å². The van der Waals surface area contributed by atoms with Crippen LogP contribution in [0.1, 0.15) is 27.1 Å². The van der Waals surface area contributed by atoms with Crippen molar-refractivity contribution in [2.24, 2.45) is 0 Å². The van der Waals surface area contributed by atoms with E-state index in [2.05, 4.69) is 15.5 Å². The summed E-state index contributed by atoms with van der Waals surface area (Å²) in [5.74, 6) is -0.397. The van der Waals surface area contributed by atoms with Gasteiger partial charge in [-0.2, -0.15) is 0 Å². The van der Waals surface area contributed by atoms with E-state index in [9.17, 15) is 9.59 Å². The molecule has 0 atom stereocenters. The topological polar surface area (TPSA) is 61.4 Å². The molecule has 5 heteroatoms. The molecule has 0 saturated heterocycles. The first-order valence-corrected chi connectivity index (χ1v) is 7.95. The van der Waals surface area contributed by atoms with Crippen molar-refractivity contribution in [2.45, 2.75) is 6.42 Å². The van der Waals surface area contributed by atoms with Gasteiger partial charge in [-0.1, -0.05) is 24.3 Å². The lowest BCUT2D eigenvalue weighted by molar-refractivity contribution is 0.0952. The highest BCUT2D eigenvalue weighted by Gasteiger charge is 2.10. The van der Waals surface area contributed by atoms with Gasteiger partial charge in [0.15, 0.2) is 0 Å². The molecular weight excluding hydrogens is 302 g/mol. The van der Waals surface area contributed by atoms with Crippen molar-refractivity contribution in [1.82, 2.24) is 10.2 Å². The summed E-state index contributed by atoms with van der Waals surface area (Å²) in [6, 6.07) is 16.0. The van der Waals surface area contributed by atoms with E-state index in [1.807, 2.05) is 44.4 Å². The Morgan fingerprint density at radius 2 is 1.58 bits per heavy atom. The fourth-order valence-electron chi connectivity index (χ4n) is 2.23. The number of carbonyl (C=O) groups excluding carboxylic acids is 2. The van der Waals surface area contributed by atoms with Crippen molar-refractivity contribution >= 4 is 17.5 Å². The molecule has 24 heavy (non-hydrogen) atoms. The lowest BCUT2D eigenvalue weighted by atomic mass is 10.1. The third-order valence-corrected chi connectivity index (χ3v) is 3.49. The monoisotopic (exact) mass is 325 g/mol. The number of rotatable bonds is 7. The van der Waals surface area contributed by atoms with Crippen LogP contribution >= 0.6 is 0 Å². The molecule has 0 aliphatic rings. The number of nitrogens with zero attached hydrogens (tertiary/aromatic N) is 1. The number of anilines is 1. The van der Waals surface area contributed by atoms with Crippen LogP contribution < -0.4 is 10.6 Å². The van der Waals surface area contributed by atoms with Gasteiger partial charge >= 0.3 is 0 Å². The Bertz CT molecular complexity index is 684. The SMILES string of the molecule is CN(C)CCCNC(=O)c1cccc(C(=O)Nc2ccccc2)c1. The first kappa shape index (κ1) is 17.7. The molecular formula is C19H23N3O2. The van der Waals surface area contributed by atoms with Gasteiger partial charge in [-0.15, -0.1) is 0 Å². The molecule has 2 aromatic rings. The summed E-state index contributed by atoms with van der Waals surface area (Å²) in [6.07, 6.45) is 0.882. The van der Waals surface area contributed by atoms with Crippen LogP contribution in [-0.4, -0.2) is 43.9 Å². The summed E-state index contributed by atoms with van der Waals surface area (Å²) in [5.41, 5.74) is 1.67. The number of hydrogen-bond acceptors (Lipinski definition) is 3. The summed E-state index contributed by atoms with van der Waals surface area (Å²) in [4.78, 5) is 26.5. The van der Waals surface area contributed by atoms with Gasteiger partial charge in [-0.05, 0) is 57.4 Å². The van der Waals surface area contributed by atoms with Gasteiger partial charge in [0.1, 0.15) is 0 Å². The molecule has 0 unspecified atom stereocenters. The molecule has 2 amide bonds. The highest BCUT2D eigenvalue weighted by atomic mass is 16.2. The van der Waals surface area contributed by atoms with Gasteiger partial charge in [0.25, 0.3) is 11.8 Å². The van der Waals surface area contributed by atoms with Gasteiger partial charge in [-0.25, -0.2) is 0 Å². The van der Waals surface area contributed by atoms with Gasteiger partial charge in [0.2, 0.25) is 0 Å². The summed E-state index contributed by atoms with van der Waals surface area (Å²) >= 11 is 0. The summed E-state index contributed by atoms with van der Waals surface area (Å²) in [5, 5.41) is 5.69. The Labute approximate surface area is 142 Å². The molecule has 0 radical (unpaired) electrons. The molecule has 2 aromatic carbocycles. The molecule has 0 aromatic heterocycles.